The van der Waals surface area contributed by atoms with Crippen LogP contribution < -0.4 is 5.73 Å². The fourth-order valence-electron chi connectivity index (χ4n) is 2.03. The number of benzene rings is 1. The lowest BCUT2D eigenvalue weighted by Crippen LogP contribution is -2.03. The maximum absolute atomic E-state index is 12.2. The molecule has 0 bridgehead atoms. The standard InChI is InChI=1S/C12H9N3OS/c1-17-11-8-9(14-12(13)15-11)6-4-2-3-5-7(6)10(8)16/h2-5H,1H3,(H2,13,14,15). The highest BCUT2D eigenvalue weighted by molar-refractivity contribution is 7.98. The van der Waals surface area contributed by atoms with Crippen molar-refractivity contribution in [1.82, 2.24) is 9.97 Å². The van der Waals surface area contributed by atoms with Gasteiger partial charge in [-0.2, -0.15) is 0 Å². The predicted octanol–water partition coefficient (Wildman–Crippen LogP) is 1.99. The van der Waals surface area contributed by atoms with Gasteiger partial charge in [-0.25, -0.2) is 9.97 Å². The summed E-state index contributed by atoms with van der Waals surface area (Å²) in [6.45, 7) is 0. The number of fused-ring (bicyclic) bond motifs is 3. The number of hydrogen-bond acceptors (Lipinski definition) is 5. The van der Waals surface area contributed by atoms with Gasteiger partial charge in [-0.05, 0) is 6.26 Å². The number of aromatic nitrogens is 2. The van der Waals surface area contributed by atoms with E-state index in [1.807, 2.05) is 24.5 Å². The minimum Gasteiger partial charge on any atom is -0.368 e. The highest BCUT2D eigenvalue weighted by Gasteiger charge is 2.31. The molecule has 4 nitrogen and oxygen atoms in total. The highest BCUT2D eigenvalue weighted by atomic mass is 32.2. The Morgan fingerprint density at radius 3 is 2.59 bits per heavy atom. The fraction of sp³-hybridized carbons (Fsp3) is 0.0833. The molecule has 0 unspecified atom stereocenters. The van der Waals surface area contributed by atoms with E-state index in [-0.39, 0.29) is 11.7 Å². The Labute approximate surface area is 102 Å². The van der Waals surface area contributed by atoms with Crippen LogP contribution in [0.4, 0.5) is 5.95 Å². The molecule has 0 fully saturated rings. The van der Waals surface area contributed by atoms with Crippen molar-refractivity contribution in [3.8, 4) is 11.3 Å². The Morgan fingerprint density at radius 1 is 1.18 bits per heavy atom. The number of rotatable bonds is 1. The predicted molar refractivity (Wildman–Crippen MR) is 67.1 cm³/mol. The van der Waals surface area contributed by atoms with Crippen LogP contribution in [0, 0.1) is 0 Å². The smallest absolute Gasteiger partial charge is 0.221 e. The van der Waals surface area contributed by atoms with Crippen molar-refractivity contribution in [2.24, 2.45) is 0 Å². The second-order valence-electron chi connectivity index (χ2n) is 3.69. The molecule has 0 saturated carbocycles. The van der Waals surface area contributed by atoms with Crippen molar-refractivity contribution >= 4 is 23.5 Å². The van der Waals surface area contributed by atoms with Crippen molar-refractivity contribution in [3.05, 3.63) is 35.4 Å². The van der Waals surface area contributed by atoms with Crippen LogP contribution in [0.2, 0.25) is 0 Å². The molecule has 2 aromatic rings. The molecule has 1 heterocycles. The lowest BCUT2D eigenvalue weighted by molar-refractivity contribution is 0.104. The molecule has 17 heavy (non-hydrogen) atoms. The van der Waals surface area contributed by atoms with Crippen molar-refractivity contribution in [2.45, 2.75) is 5.03 Å². The van der Waals surface area contributed by atoms with Gasteiger partial charge in [-0.15, -0.1) is 11.8 Å². The van der Waals surface area contributed by atoms with E-state index in [0.29, 0.717) is 21.8 Å². The molecule has 84 valence electrons. The third-order valence-corrected chi connectivity index (χ3v) is 3.42. The van der Waals surface area contributed by atoms with Crippen molar-refractivity contribution < 1.29 is 4.79 Å². The summed E-state index contributed by atoms with van der Waals surface area (Å²) in [5.74, 6) is 0.192. The van der Waals surface area contributed by atoms with Crippen LogP contribution >= 0.6 is 11.8 Å². The first-order valence-electron chi connectivity index (χ1n) is 5.08. The van der Waals surface area contributed by atoms with Gasteiger partial charge in [0.25, 0.3) is 0 Å². The average molecular weight is 243 g/mol. The van der Waals surface area contributed by atoms with Crippen LogP contribution in [-0.2, 0) is 0 Å². The Kier molecular flexibility index (Phi) is 2.16. The minimum atomic E-state index is -0.0139. The molecule has 0 spiro atoms. The summed E-state index contributed by atoms with van der Waals surface area (Å²) in [6.07, 6.45) is 1.87. The largest absolute Gasteiger partial charge is 0.368 e. The van der Waals surface area contributed by atoms with E-state index in [1.165, 1.54) is 11.8 Å². The normalized spacial score (nSPS) is 12.4. The Hall–Kier alpha value is -1.88. The van der Waals surface area contributed by atoms with Crippen molar-refractivity contribution in [1.29, 1.82) is 0 Å². The maximum atomic E-state index is 12.2. The third-order valence-electron chi connectivity index (χ3n) is 2.74. The van der Waals surface area contributed by atoms with Gasteiger partial charge in [0.2, 0.25) is 5.95 Å². The van der Waals surface area contributed by atoms with Gasteiger partial charge in [0.05, 0.1) is 11.3 Å². The van der Waals surface area contributed by atoms with E-state index >= 15 is 0 Å². The summed E-state index contributed by atoms with van der Waals surface area (Å²) in [5.41, 5.74) is 8.42. The minimum absolute atomic E-state index is 0.0139. The number of thioether (sulfide) groups is 1. The van der Waals surface area contributed by atoms with Gasteiger partial charge in [0.1, 0.15) is 5.03 Å². The van der Waals surface area contributed by atoms with E-state index in [2.05, 4.69) is 9.97 Å². The molecule has 3 rings (SSSR count). The fourth-order valence-corrected chi connectivity index (χ4v) is 2.60. The number of anilines is 1. The van der Waals surface area contributed by atoms with E-state index in [0.717, 1.165) is 5.56 Å². The molecule has 0 saturated heterocycles. The lowest BCUT2D eigenvalue weighted by Gasteiger charge is -2.04. The first kappa shape index (κ1) is 10.3. The van der Waals surface area contributed by atoms with E-state index in [9.17, 15) is 4.79 Å². The molecule has 1 aliphatic carbocycles. The zero-order chi connectivity index (χ0) is 12.0. The van der Waals surface area contributed by atoms with Crippen molar-refractivity contribution in [2.75, 3.05) is 12.0 Å². The van der Waals surface area contributed by atoms with Gasteiger partial charge in [0.15, 0.2) is 5.78 Å². The topological polar surface area (TPSA) is 68.9 Å². The quantitative estimate of drug-likeness (QED) is 0.523. The molecule has 0 radical (unpaired) electrons. The summed E-state index contributed by atoms with van der Waals surface area (Å²) in [7, 11) is 0. The van der Waals surface area contributed by atoms with Crippen LogP contribution in [0.3, 0.4) is 0 Å². The summed E-state index contributed by atoms with van der Waals surface area (Å²) >= 11 is 1.41. The molecular weight excluding hydrogens is 234 g/mol. The van der Waals surface area contributed by atoms with E-state index in [1.54, 1.807) is 6.07 Å². The second-order valence-corrected chi connectivity index (χ2v) is 4.48. The molecule has 1 aromatic heterocycles. The highest BCUT2D eigenvalue weighted by Crippen LogP contribution is 2.38. The van der Waals surface area contributed by atoms with E-state index in [4.69, 9.17) is 5.73 Å². The molecule has 5 heteroatoms. The molecular formula is C12H9N3OS. The van der Waals surface area contributed by atoms with Gasteiger partial charge in [0, 0.05) is 11.1 Å². The van der Waals surface area contributed by atoms with Gasteiger partial charge in [-0.3, -0.25) is 4.79 Å². The first-order chi connectivity index (χ1) is 8.22. The van der Waals surface area contributed by atoms with E-state index < -0.39 is 0 Å². The summed E-state index contributed by atoms with van der Waals surface area (Å²) in [5, 5.41) is 0.647. The Balaban J connectivity index is 2.38. The SMILES string of the molecule is CSc1nc(N)nc2c1C(=O)c1ccccc1-2. The molecule has 1 aromatic carbocycles. The molecule has 1 aliphatic rings. The average Bonchev–Trinajstić information content (AvgIpc) is 2.63. The van der Waals surface area contributed by atoms with Crippen LogP contribution in [0.15, 0.2) is 29.3 Å². The third kappa shape index (κ3) is 1.36. The summed E-state index contributed by atoms with van der Waals surface area (Å²) in [4.78, 5) is 20.5. The first-order valence-corrected chi connectivity index (χ1v) is 6.30. The summed E-state index contributed by atoms with van der Waals surface area (Å²) in [6, 6.07) is 7.42. The summed E-state index contributed by atoms with van der Waals surface area (Å²) < 4.78 is 0. The van der Waals surface area contributed by atoms with Crippen molar-refractivity contribution in [3.63, 3.8) is 0 Å². The van der Waals surface area contributed by atoms with Crippen LogP contribution in [0.1, 0.15) is 15.9 Å². The van der Waals surface area contributed by atoms with Gasteiger partial charge < -0.3 is 5.73 Å². The van der Waals surface area contributed by atoms with Gasteiger partial charge in [-0.1, -0.05) is 24.3 Å². The number of ketones is 1. The lowest BCUT2D eigenvalue weighted by atomic mass is 10.1. The van der Waals surface area contributed by atoms with Crippen LogP contribution in [0.25, 0.3) is 11.3 Å². The number of carbonyl (C=O) groups excluding carboxylic acids is 1. The number of nitrogen functional groups attached to an aromatic ring is 1. The molecule has 0 amide bonds. The zero-order valence-electron chi connectivity index (χ0n) is 9.10. The molecule has 0 atom stereocenters. The number of nitrogens with two attached hydrogens (primary N) is 1. The maximum Gasteiger partial charge on any atom is 0.221 e. The molecule has 2 N–H and O–H groups in total. The number of nitrogens with zero attached hydrogens (tertiary/aromatic N) is 2. The number of carbonyl (C=O) groups is 1. The monoisotopic (exact) mass is 243 g/mol. The zero-order valence-corrected chi connectivity index (χ0v) is 9.91. The second kappa shape index (κ2) is 3.56. The Morgan fingerprint density at radius 2 is 1.88 bits per heavy atom. The van der Waals surface area contributed by atoms with Crippen LogP contribution in [0.5, 0.6) is 0 Å². The van der Waals surface area contributed by atoms with Crippen LogP contribution in [-0.4, -0.2) is 22.0 Å². The number of hydrogen-bond donors (Lipinski definition) is 1. The Bertz CT molecular complexity index is 640. The van der Waals surface area contributed by atoms with Gasteiger partial charge >= 0.3 is 0 Å². The molecule has 0 aliphatic heterocycles.